The first-order valence-electron chi connectivity index (χ1n) is 11.1. The fourth-order valence-corrected chi connectivity index (χ4v) is 4.12. The average Bonchev–Trinajstić information content (AvgIpc) is 3.21. The number of carbonyl (C=O) groups is 2. The van der Waals surface area contributed by atoms with E-state index in [1.165, 1.54) is 15.8 Å². The number of aromatic nitrogens is 3. The number of halogens is 3. The molecule has 1 saturated heterocycles. The van der Waals surface area contributed by atoms with Gasteiger partial charge in [-0.05, 0) is 49.2 Å². The Morgan fingerprint density at radius 2 is 1.94 bits per heavy atom. The van der Waals surface area contributed by atoms with Gasteiger partial charge in [0.05, 0.1) is 11.1 Å². The second kappa shape index (κ2) is 10.7. The van der Waals surface area contributed by atoms with Crippen LogP contribution in [0.3, 0.4) is 0 Å². The summed E-state index contributed by atoms with van der Waals surface area (Å²) in [5.74, 6) is -0.335. The largest absolute Gasteiger partial charge is 0.439 e. The number of hydrogen-bond donors (Lipinski definition) is 2. The highest BCUT2D eigenvalue weighted by atomic mass is 35.5. The quantitative estimate of drug-likeness (QED) is 0.456. The third-order valence-corrected chi connectivity index (χ3v) is 5.91. The van der Waals surface area contributed by atoms with Gasteiger partial charge in [0, 0.05) is 37.0 Å². The molecule has 0 aliphatic carbocycles. The average molecular weight is 517 g/mol. The van der Waals surface area contributed by atoms with E-state index in [1.807, 2.05) is 0 Å². The molecule has 2 amide bonds. The summed E-state index contributed by atoms with van der Waals surface area (Å²) in [5, 5.41) is 5.05. The van der Waals surface area contributed by atoms with Gasteiger partial charge in [-0.15, -0.1) is 0 Å². The van der Waals surface area contributed by atoms with Crippen LogP contribution in [-0.4, -0.2) is 51.0 Å². The van der Waals surface area contributed by atoms with E-state index in [2.05, 4.69) is 10.1 Å². The molecule has 2 aromatic heterocycles. The summed E-state index contributed by atoms with van der Waals surface area (Å²) in [7, 11) is 0. The van der Waals surface area contributed by atoms with Crippen LogP contribution >= 0.6 is 11.6 Å². The van der Waals surface area contributed by atoms with Gasteiger partial charge in [-0.3, -0.25) is 9.59 Å². The lowest BCUT2D eigenvalue weighted by molar-refractivity contribution is -0.127. The minimum Gasteiger partial charge on any atom is -0.439 e. The molecular weight excluding hydrogens is 494 g/mol. The smallest absolute Gasteiger partial charge is 0.257 e. The molecule has 36 heavy (non-hydrogen) atoms. The number of anilines is 1. The van der Waals surface area contributed by atoms with Crippen LogP contribution in [0.5, 0.6) is 11.6 Å². The number of primary amides is 1. The van der Waals surface area contributed by atoms with E-state index in [4.69, 9.17) is 27.8 Å². The van der Waals surface area contributed by atoms with E-state index >= 15 is 0 Å². The van der Waals surface area contributed by atoms with Crippen molar-refractivity contribution in [3.8, 4) is 22.9 Å². The van der Waals surface area contributed by atoms with Crippen LogP contribution < -0.4 is 16.2 Å². The van der Waals surface area contributed by atoms with Gasteiger partial charge < -0.3 is 21.1 Å². The Balaban J connectivity index is 1.58. The van der Waals surface area contributed by atoms with Gasteiger partial charge in [0.25, 0.3) is 12.3 Å². The summed E-state index contributed by atoms with van der Waals surface area (Å²) in [6.07, 6.45) is 1.42. The lowest BCUT2D eigenvalue weighted by Gasteiger charge is -2.32. The van der Waals surface area contributed by atoms with Crippen LogP contribution in [-0.2, 0) is 4.79 Å². The van der Waals surface area contributed by atoms with Crippen molar-refractivity contribution >= 4 is 29.2 Å². The fraction of sp³-hybridized carbons (Fsp3) is 0.250. The zero-order chi connectivity index (χ0) is 25.8. The first-order chi connectivity index (χ1) is 17.2. The highest BCUT2D eigenvalue weighted by Gasteiger charge is 2.29. The molecule has 1 aliphatic heterocycles. The number of carbonyl (C=O) groups excluding carboxylic acids is 2. The molecule has 1 fully saturated rings. The van der Waals surface area contributed by atoms with E-state index in [1.54, 1.807) is 36.4 Å². The maximum atomic E-state index is 12.4. The Hall–Kier alpha value is -3.99. The Labute approximate surface area is 210 Å². The van der Waals surface area contributed by atoms with Crippen LogP contribution in [0, 0.1) is 0 Å². The number of pyridine rings is 1. The van der Waals surface area contributed by atoms with E-state index in [-0.39, 0.29) is 29.7 Å². The standard InChI is InChI=1S/C24H23ClF2N6O3/c25-15-5-9-19(30-12-15)36-17-6-3-14(4-7-17)22-21(24(29)35)23(28)33(31-22)16-2-1-11-32(13-16)20(34)10-8-18(26)27/h3-10,12,16,18H,1-2,11,13,28H2,(H2,29,35)/b10-8+/t16-/m1/s1. The minimum atomic E-state index is -2.71. The molecule has 188 valence electrons. The number of alkyl halides is 2. The van der Waals surface area contributed by atoms with Gasteiger partial charge in [-0.2, -0.15) is 5.10 Å². The number of piperidine rings is 1. The van der Waals surface area contributed by atoms with Crippen molar-refractivity contribution in [2.45, 2.75) is 25.3 Å². The Kier molecular flexibility index (Phi) is 7.49. The molecule has 4 rings (SSSR count). The number of hydrogen-bond acceptors (Lipinski definition) is 6. The second-order valence-corrected chi connectivity index (χ2v) is 8.57. The van der Waals surface area contributed by atoms with Gasteiger partial charge >= 0.3 is 0 Å². The maximum Gasteiger partial charge on any atom is 0.257 e. The van der Waals surface area contributed by atoms with Crippen molar-refractivity contribution in [2.24, 2.45) is 5.73 Å². The third-order valence-electron chi connectivity index (χ3n) is 5.68. The zero-order valence-corrected chi connectivity index (χ0v) is 19.7. The number of benzene rings is 1. The second-order valence-electron chi connectivity index (χ2n) is 8.13. The molecule has 3 heterocycles. The van der Waals surface area contributed by atoms with Crippen molar-refractivity contribution < 1.29 is 23.1 Å². The van der Waals surface area contributed by atoms with Crippen molar-refractivity contribution in [2.75, 3.05) is 18.8 Å². The number of nitrogens with zero attached hydrogens (tertiary/aromatic N) is 4. The summed E-state index contributed by atoms with van der Waals surface area (Å²) in [6.45, 7) is 0.625. The molecule has 0 radical (unpaired) electrons. The molecule has 4 N–H and O–H groups in total. The summed E-state index contributed by atoms with van der Waals surface area (Å²) < 4.78 is 32.1. The van der Waals surface area contributed by atoms with Gasteiger partial charge in [-0.1, -0.05) is 11.6 Å². The Morgan fingerprint density at radius 3 is 2.58 bits per heavy atom. The van der Waals surface area contributed by atoms with Gasteiger partial charge in [0.1, 0.15) is 22.8 Å². The summed E-state index contributed by atoms with van der Waals surface area (Å²) >= 11 is 5.84. The molecular formula is C24H23ClF2N6O3. The number of ether oxygens (including phenoxy) is 1. The molecule has 0 bridgehead atoms. The van der Waals surface area contributed by atoms with Crippen LogP contribution in [0.1, 0.15) is 29.2 Å². The topological polar surface area (TPSA) is 129 Å². The minimum absolute atomic E-state index is 0.0593. The number of nitrogens with two attached hydrogens (primary N) is 2. The van der Waals surface area contributed by atoms with Crippen LogP contribution in [0.15, 0.2) is 54.7 Å². The number of amides is 2. The number of likely N-dealkylation sites (tertiary alicyclic amines) is 1. The van der Waals surface area contributed by atoms with Gasteiger partial charge in [0.15, 0.2) is 0 Å². The summed E-state index contributed by atoms with van der Waals surface area (Å²) in [5.41, 5.74) is 12.8. The molecule has 3 aromatic rings. The van der Waals surface area contributed by atoms with Gasteiger partial charge in [0.2, 0.25) is 11.8 Å². The van der Waals surface area contributed by atoms with Gasteiger partial charge in [-0.25, -0.2) is 18.4 Å². The first kappa shape index (κ1) is 25.1. The van der Waals surface area contributed by atoms with E-state index in [0.29, 0.717) is 47.7 Å². The number of allylic oxidation sites excluding steroid dienone is 1. The lowest BCUT2D eigenvalue weighted by atomic mass is 10.1. The number of nitrogen functional groups attached to an aromatic ring is 1. The van der Waals surface area contributed by atoms with Crippen LogP contribution in [0.2, 0.25) is 5.02 Å². The van der Waals surface area contributed by atoms with E-state index in [0.717, 1.165) is 6.08 Å². The molecule has 9 nitrogen and oxygen atoms in total. The normalized spacial score (nSPS) is 16.0. The first-order valence-corrected chi connectivity index (χ1v) is 11.4. The Morgan fingerprint density at radius 1 is 1.19 bits per heavy atom. The molecule has 0 unspecified atom stereocenters. The van der Waals surface area contributed by atoms with E-state index < -0.39 is 18.2 Å². The molecule has 1 aromatic carbocycles. The van der Waals surface area contributed by atoms with Crippen molar-refractivity contribution in [1.82, 2.24) is 19.7 Å². The SMILES string of the molecule is NC(=O)c1c(-c2ccc(Oc3ccc(Cl)cn3)cc2)nn([C@@H]2CCCN(C(=O)/C=C/C(F)F)C2)c1N. The van der Waals surface area contributed by atoms with Crippen molar-refractivity contribution in [3.63, 3.8) is 0 Å². The lowest BCUT2D eigenvalue weighted by Crippen LogP contribution is -2.40. The maximum absolute atomic E-state index is 12.4. The third kappa shape index (κ3) is 5.62. The zero-order valence-electron chi connectivity index (χ0n) is 19.0. The highest BCUT2D eigenvalue weighted by molar-refractivity contribution is 6.30. The van der Waals surface area contributed by atoms with E-state index in [9.17, 15) is 18.4 Å². The fourth-order valence-electron chi connectivity index (χ4n) is 4.01. The molecule has 12 heteroatoms. The van der Waals surface area contributed by atoms with Crippen molar-refractivity contribution in [1.29, 1.82) is 0 Å². The highest BCUT2D eigenvalue weighted by Crippen LogP contribution is 2.33. The predicted molar refractivity (Wildman–Crippen MR) is 130 cm³/mol. The number of rotatable bonds is 7. The monoisotopic (exact) mass is 516 g/mol. The van der Waals surface area contributed by atoms with Crippen LogP contribution in [0.4, 0.5) is 14.6 Å². The predicted octanol–water partition coefficient (Wildman–Crippen LogP) is 4.06. The molecule has 1 atom stereocenters. The van der Waals surface area contributed by atoms with Crippen molar-refractivity contribution in [3.05, 3.63) is 65.3 Å². The summed E-state index contributed by atoms with van der Waals surface area (Å²) in [4.78, 5) is 30.1. The molecule has 0 saturated carbocycles. The Bertz CT molecular complexity index is 1280. The van der Waals surface area contributed by atoms with Crippen LogP contribution in [0.25, 0.3) is 11.3 Å². The summed E-state index contributed by atoms with van der Waals surface area (Å²) in [6, 6.07) is 9.70. The molecule has 1 aliphatic rings. The molecule has 0 spiro atoms.